The van der Waals surface area contributed by atoms with Crippen molar-refractivity contribution in [2.75, 3.05) is 59.8 Å². The molecule has 0 saturated carbocycles. The van der Waals surface area contributed by atoms with Crippen molar-refractivity contribution in [2.45, 2.75) is 33.3 Å². The Morgan fingerprint density at radius 2 is 1.50 bits per heavy atom. The van der Waals surface area contributed by atoms with Crippen LogP contribution in [0.3, 0.4) is 0 Å². The lowest BCUT2D eigenvalue weighted by atomic mass is 10.1. The lowest BCUT2D eigenvalue weighted by molar-refractivity contribution is -0.0279. The Hall–Kier alpha value is -0.200. The normalized spacial score (nSPS) is 13.1. The highest BCUT2D eigenvalue weighted by Crippen LogP contribution is 2.05. The third-order valence-electron chi connectivity index (χ3n) is 2.88. The number of hydrogen-bond acceptors (Lipinski definition) is 5. The van der Waals surface area contributed by atoms with Crippen molar-refractivity contribution in [2.24, 2.45) is 5.92 Å². The highest BCUT2D eigenvalue weighted by molar-refractivity contribution is 4.65. The molecule has 0 aromatic rings. The molecule has 0 heterocycles. The fraction of sp³-hybridized carbons (Fsp3) is 1.00. The van der Waals surface area contributed by atoms with Gasteiger partial charge < -0.3 is 24.3 Å². The molecule has 0 aliphatic carbocycles. The van der Waals surface area contributed by atoms with E-state index >= 15 is 0 Å². The summed E-state index contributed by atoms with van der Waals surface area (Å²) in [5.41, 5.74) is 0. The summed E-state index contributed by atoms with van der Waals surface area (Å²) >= 11 is 0. The van der Waals surface area contributed by atoms with E-state index in [4.69, 9.17) is 18.9 Å². The lowest BCUT2D eigenvalue weighted by Crippen LogP contribution is -2.34. The van der Waals surface area contributed by atoms with Crippen LogP contribution in [0, 0.1) is 5.92 Å². The zero-order valence-electron chi connectivity index (χ0n) is 13.7. The minimum Gasteiger partial charge on any atom is -0.382 e. The van der Waals surface area contributed by atoms with Gasteiger partial charge in [0.25, 0.3) is 0 Å². The number of nitrogens with one attached hydrogen (secondary N) is 1. The molecule has 0 aliphatic heterocycles. The van der Waals surface area contributed by atoms with Gasteiger partial charge in [-0.2, -0.15) is 0 Å². The Kier molecular flexibility index (Phi) is 15.0. The maximum absolute atomic E-state index is 5.85. The molecule has 5 nitrogen and oxygen atoms in total. The summed E-state index contributed by atoms with van der Waals surface area (Å²) < 4.78 is 21.5. The van der Waals surface area contributed by atoms with E-state index < -0.39 is 0 Å². The molecule has 0 rings (SSSR count). The SMILES string of the molecule is CCCNCC(OCCOCCOCCOC)C(C)C. The molecule has 1 N–H and O–H groups in total. The fourth-order valence-corrected chi connectivity index (χ4v) is 1.63. The molecule has 0 aromatic carbocycles. The molecular weight excluding hydrogens is 258 g/mol. The Bertz CT molecular complexity index is 191. The van der Waals surface area contributed by atoms with E-state index in [0.29, 0.717) is 45.6 Å². The molecule has 0 spiro atoms. The van der Waals surface area contributed by atoms with Crippen LogP contribution in [-0.4, -0.2) is 65.9 Å². The number of ether oxygens (including phenoxy) is 4. The minimum atomic E-state index is 0.253. The third kappa shape index (κ3) is 12.8. The first-order valence-corrected chi connectivity index (χ1v) is 7.69. The van der Waals surface area contributed by atoms with Crippen LogP contribution in [0.1, 0.15) is 27.2 Å². The van der Waals surface area contributed by atoms with E-state index in [0.717, 1.165) is 19.5 Å². The number of methoxy groups -OCH3 is 1. The predicted molar refractivity (Wildman–Crippen MR) is 81.3 cm³/mol. The first-order valence-electron chi connectivity index (χ1n) is 7.69. The highest BCUT2D eigenvalue weighted by atomic mass is 16.6. The highest BCUT2D eigenvalue weighted by Gasteiger charge is 2.12. The molecular formula is C15H33NO4. The van der Waals surface area contributed by atoms with E-state index in [2.05, 4.69) is 26.1 Å². The van der Waals surface area contributed by atoms with Crippen molar-refractivity contribution in [3.8, 4) is 0 Å². The van der Waals surface area contributed by atoms with Gasteiger partial charge >= 0.3 is 0 Å². The number of rotatable bonds is 15. The number of hydrogen-bond donors (Lipinski definition) is 1. The average Bonchev–Trinajstić information content (AvgIpc) is 2.43. The second-order valence-corrected chi connectivity index (χ2v) is 5.07. The topological polar surface area (TPSA) is 49.0 Å². The molecule has 1 atom stereocenters. The monoisotopic (exact) mass is 291 g/mol. The van der Waals surface area contributed by atoms with Gasteiger partial charge in [-0.25, -0.2) is 0 Å². The summed E-state index contributed by atoms with van der Waals surface area (Å²) in [7, 11) is 1.66. The first kappa shape index (κ1) is 19.8. The fourth-order valence-electron chi connectivity index (χ4n) is 1.63. The second-order valence-electron chi connectivity index (χ2n) is 5.07. The van der Waals surface area contributed by atoms with E-state index in [-0.39, 0.29) is 6.10 Å². The molecule has 5 heteroatoms. The Labute approximate surface area is 124 Å². The predicted octanol–water partition coefficient (Wildman–Crippen LogP) is 1.71. The van der Waals surface area contributed by atoms with Crippen molar-refractivity contribution in [3.05, 3.63) is 0 Å². The van der Waals surface area contributed by atoms with Crippen LogP contribution in [0.2, 0.25) is 0 Å². The second kappa shape index (κ2) is 15.2. The maximum Gasteiger partial charge on any atom is 0.0723 e. The van der Waals surface area contributed by atoms with Crippen LogP contribution in [0.25, 0.3) is 0 Å². The van der Waals surface area contributed by atoms with Crippen molar-refractivity contribution in [1.82, 2.24) is 5.32 Å². The van der Waals surface area contributed by atoms with Gasteiger partial charge in [0.15, 0.2) is 0 Å². The van der Waals surface area contributed by atoms with Crippen LogP contribution in [0.4, 0.5) is 0 Å². The molecule has 0 radical (unpaired) electrons. The molecule has 0 fully saturated rings. The Morgan fingerprint density at radius 1 is 0.900 bits per heavy atom. The molecule has 1 unspecified atom stereocenters. The molecule has 0 aliphatic rings. The van der Waals surface area contributed by atoms with E-state index in [9.17, 15) is 0 Å². The van der Waals surface area contributed by atoms with Crippen LogP contribution in [-0.2, 0) is 18.9 Å². The summed E-state index contributed by atoms with van der Waals surface area (Å²) in [6.07, 6.45) is 1.40. The molecule has 0 bridgehead atoms. The first-order chi connectivity index (χ1) is 9.72. The molecule has 122 valence electrons. The summed E-state index contributed by atoms with van der Waals surface area (Å²) in [6.45, 7) is 12.2. The van der Waals surface area contributed by atoms with Crippen LogP contribution in [0.15, 0.2) is 0 Å². The summed E-state index contributed by atoms with van der Waals surface area (Å²) in [4.78, 5) is 0. The minimum absolute atomic E-state index is 0.253. The lowest BCUT2D eigenvalue weighted by Gasteiger charge is -2.22. The average molecular weight is 291 g/mol. The summed E-state index contributed by atoms with van der Waals surface area (Å²) in [5, 5.41) is 3.40. The van der Waals surface area contributed by atoms with Gasteiger partial charge in [-0.05, 0) is 18.9 Å². The molecule has 0 amide bonds. The maximum atomic E-state index is 5.85. The Morgan fingerprint density at radius 3 is 2.05 bits per heavy atom. The van der Waals surface area contributed by atoms with E-state index in [1.54, 1.807) is 7.11 Å². The van der Waals surface area contributed by atoms with Gasteiger partial charge in [-0.3, -0.25) is 0 Å². The van der Waals surface area contributed by atoms with Crippen LogP contribution in [0.5, 0.6) is 0 Å². The van der Waals surface area contributed by atoms with Crippen molar-refractivity contribution in [3.63, 3.8) is 0 Å². The van der Waals surface area contributed by atoms with Gasteiger partial charge in [-0.15, -0.1) is 0 Å². The zero-order valence-corrected chi connectivity index (χ0v) is 13.7. The molecule has 0 aromatic heterocycles. The van der Waals surface area contributed by atoms with Crippen molar-refractivity contribution in [1.29, 1.82) is 0 Å². The van der Waals surface area contributed by atoms with Crippen LogP contribution >= 0.6 is 0 Å². The summed E-state index contributed by atoms with van der Waals surface area (Å²) in [5.74, 6) is 0.511. The van der Waals surface area contributed by atoms with Gasteiger partial charge in [0.1, 0.15) is 0 Å². The van der Waals surface area contributed by atoms with E-state index in [1.165, 1.54) is 0 Å². The van der Waals surface area contributed by atoms with Crippen molar-refractivity contribution >= 4 is 0 Å². The van der Waals surface area contributed by atoms with Crippen molar-refractivity contribution < 1.29 is 18.9 Å². The summed E-state index contributed by atoms with van der Waals surface area (Å²) in [6, 6.07) is 0. The Balaban J connectivity index is 3.40. The molecule has 20 heavy (non-hydrogen) atoms. The zero-order chi connectivity index (χ0) is 15.1. The standard InChI is InChI=1S/C15H33NO4/c1-5-6-16-13-15(14(2)3)20-12-11-19-10-9-18-8-7-17-4/h14-16H,5-13H2,1-4H3. The quantitative estimate of drug-likeness (QED) is 0.465. The smallest absolute Gasteiger partial charge is 0.0723 e. The third-order valence-corrected chi connectivity index (χ3v) is 2.88. The van der Waals surface area contributed by atoms with Crippen LogP contribution < -0.4 is 5.32 Å². The van der Waals surface area contributed by atoms with Gasteiger partial charge in [0.05, 0.1) is 45.7 Å². The van der Waals surface area contributed by atoms with Gasteiger partial charge in [-0.1, -0.05) is 20.8 Å². The van der Waals surface area contributed by atoms with Gasteiger partial charge in [0.2, 0.25) is 0 Å². The van der Waals surface area contributed by atoms with Gasteiger partial charge in [0, 0.05) is 13.7 Å². The van der Waals surface area contributed by atoms with E-state index in [1.807, 2.05) is 0 Å². The molecule has 0 saturated heterocycles. The largest absolute Gasteiger partial charge is 0.382 e.